The molecule has 112 valence electrons. The Hall–Kier alpha value is -2.29. The number of nitrogens with zero attached hydrogens (tertiary/aromatic N) is 2. The Morgan fingerprint density at radius 1 is 1.22 bits per heavy atom. The molecule has 0 unspecified atom stereocenters. The van der Waals surface area contributed by atoms with Gasteiger partial charge < -0.3 is 0 Å². The minimum absolute atomic E-state index is 0.328. The molecule has 0 saturated carbocycles. The number of halogens is 2. The van der Waals surface area contributed by atoms with Gasteiger partial charge in [-0.3, -0.25) is 0 Å². The Balaban J connectivity index is 1.94. The molecule has 5 heteroatoms. The van der Waals surface area contributed by atoms with Crippen LogP contribution in [-0.2, 0) is 0 Å². The molecule has 0 aliphatic heterocycles. The second kappa shape index (κ2) is 6.86. The van der Waals surface area contributed by atoms with Crippen LogP contribution in [0.3, 0.4) is 0 Å². The maximum absolute atomic E-state index is 13.3. The molecule has 0 N–H and O–H groups in total. The highest BCUT2D eigenvalue weighted by Crippen LogP contribution is 2.28. The molecule has 3 aromatic rings. The van der Waals surface area contributed by atoms with Crippen molar-refractivity contribution in [1.29, 1.82) is 5.26 Å². The minimum Gasteiger partial charge on any atom is -0.235 e. The van der Waals surface area contributed by atoms with Gasteiger partial charge in [0.1, 0.15) is 16.9 Å². The number of rotatable bonds is 3. The Morgan fingerprint density at radius 2 is 2.00 bits per heavy atom. The molecule has 2 nitrogen and oxygen atoms in total. The summed E-state index contributed by atoms with van der Waals surface area (Å²) in [5, 5.41) is 11.9. The normalized spacial score (nSPS) is 11.3. The molecular weight excluding hydrogens is 375 g/mol. The molecule has 1 heterocycles. The predicted octanol–water partition coefficient (Wildman–Crippen LogP) is 5.78. The van der Waals surface area contributed by atoms with E-state index in [-0.39, 0.29) is 5.82 Å². The third-order valence-electron chi connectivity index (χ3n) is 3.15. The van der Waals surface area contributed by atoms with Crippen molar-refractivity contribution >= 4 is 38.9 Å². The standard InChI is InChI=1S/C18H10BrFN2S/c19-15-6-4-13(5-7-15)17-11-23-18(22-17)14(10-21)8-12-2-1-3-16(20)9-12/h1-9,11H/b14-8+. The molecule has 0 amide bonds. The lowest BCUT2D eigenvalue weighted by Gasteiger charge is -1.97. The SMILES string of the molecule is N#C/C(=C\c1cccc(F)c1)c1nc(-c2ccc(Br)cc2)cs1. The summed E-state index contributed by atoms with van der Waals surface area (Å²) >= 11 is 4.80. The first-order chi connectivity index (χ1) is 11.2. The van der Waals surface area contributed by atoms with Crippen molar-refractivity contribution in [3.8, 4) is 17.3 Å². The van der Waals surface area contributed by atoms with Gasteiger partial charge in [-0.05, 0) is 35.9 Å². The zero-order valence-corrected chi connectivity index (χ0v) is 14.2. The summed E-state index contributed by atoms with van der Waals surface area (Å²) in [4.78, 5) is 4.52. The number of aromatic nitrogens is 1. The van der Waals surface area contributed by atoms with Gasteiger partial charge in [-0.25, -0.2) is 9.37 Å². The average Bonchev–Trinajstić information content (AvgIpc) is 3.03. The van der Waals surface area contributed by atoms with Crippen LogP contribution in [0.4, 0.5) is 4.39 Å². The van der Waals surface area contributed by atoms with Crippen LogP contribution >= 0.6 is 27.3 Å². The number of hydrogen-bond acceptors (Lipinski definition) is 3. The highest BCUT2D eigenvalue weighted by atomic mass is 79.9. The minimum atomic E-state index is -0.328. The third kappa shape index (κ3) is 3.73. The molecule has 1 aromatic heterocycles. The molecule has 23 heavy (non-hydrogen) atoms. The van der Waals surface area contributed by atoms with Crippen molar-refractivity contribution in [2.45, 2.75) is 0 Å². The van der Waals surface area contributed by atoms with Crippen molar-refractivity contribution in [1.82, 2.24) is 4.98 Å². The summed E-state index contributed by atoms with van der Waals surface area (Å²) in [6.45, 7) is 0. The van der Waals surface area contributed by atoms with Crippen LogP contribution in [0.2, 0.25) is 0 Å². The van der Waals surface area contributed by atoms with E-state index in [1.54, 1.807) is 18.2 Å². The fourth-order valence-corrected chi connectivity index (χ4v) is 3.11. The number of hydrogen-bond donors (Lipinski definition) is 0. The zero-order valence-electron chi connectivity index (χ0n) is 11.8. The molecule has 0 bridgehead atoms. The number of allylic oxidation sites excluding steroid dienone is 1. The first-order valence-corrected chi connectivity index (χ1v) is 8.42. The summed E-state index contributed by atoms with van der Waals surface area (Å²) < 4.78 is 14.3. The van der Waals surface area contributed by atoms with Gasteiger partial charge in [-0.2, -0.15) is 5.26 Å². The van der Waals surface area contributed by atoms with Crippen LogP contribution in [0.15, 0.2) is 58.4 Å². The monoisotopic (exact) mass is 384 g/mol. The number of benzene rings is 2. The van der Waals surface area contributed by atoms with Crippen molar-refractivity contribution < 1.29 is 4.39 Å². The number of thiazole rings is 1. The lowest BCUT2D eigenvalue weighted by Crippen LogP contribution is -1.83. The molecular formula is C18H10BrFN2S. The summed E-state index contributed by atoms with van der Waals surface area (Å²) in [6.07, 6.45) is 1.65. The van der Waals surface area contributed by atoms with Gasteiger partial charge >= 0.3 is 0 Å². The Kier molecular flexibility index (Phi) is 4.65. The first kappa shape index (κ1) is 15.6. The molecule has 0 radical (unpaired) electrons. The van der Waals surface area contributed by atoms with Crippen LogP contribution in [0, 0.1) is 17.1 Å². The van der Waals surface area contributed by atoms with Crippen LogP contribution in [0.1, 0.15) is 10.6 Å². The Labute approximate surface area is 145 Å². The predicted molar refractivity (Wildman–Crippen MR) is 95.1 cm³/mol. The van der Waals surface area contributed by atoms with E-state index in [9.17, 15) is 9.65 Å². The average molecular weight is 385 g/mol. The van der Waals surface area contributed by atoms with E-state index in [0.29, 0.717) is 16.1 Å². The van der Waals surface area contributed by atoms with Crippen LogP contribution in [-0.4, -0.2) is 4.98 Å². The molecule has 0 aliphatic rings. The van der Waals surface area contributed by atoms with Gasteiger partial charge in [-0.15, -0.1) is 11.3 Å². The molecule has 0 fully saturated rings. The summed E-state index contributed by atoms with van der Waals surface area (Å²) in [5.41, 5.74) is 2.86. The van der Waals surface area contributed by atoms with Gasteiger partial charge in [0.2, 0.25) is 0 Å². The van der Waals surface area contributed by atoms with Crippen LogP contribution < -0.4 is 0 Å². The summed E-state index contributed by atoms with van der Waals surface area (Å²) in [5.74, 6) is -0.328. The highest BCUT2D eigenvalue weighted by molar-refractivity contribution is 9.10. The van der Waals surface area contributed by atoms with E-state index in [4.69, 9.17) is 0 Å². The van der Waals surface area contributed by atoms with Gasteiger partial charge in [0.25, 0.3) is 0 Å². The van der Waals surface area contributed by atoms with Crippen LogP contribution in [0.5, 0.6) is 0 Å². The maximum atomic E-state index is 13.3. The molecule has 0 aliphatic carbocycles. The van der Waals surface area contributed by atoms with Crippen molar-refractivity contribution in [3.05, 3.63) is 74.8 Å². The molecule has 0 spiro atoms. The van der Waals surface area contributed by atoms with Gasteiger partial charge in [0.15, 0.2) is 0 Å². The molecule has 0 atom stereocenters. The van der Waals surface area contributed by atoms with Crippen molar-refractivity contribution in [3.63, 3.8) is 0 Å². The second-order valence-electron chi connectivity index (χ2n) is 4.77. The highest BCUT2D eigenvalue weighted by Gasteiger charge is 2.09. The fourth-order valence-electron chi connectivity index (χ4n) is 2.06. The van der Waals surface area contributed by atoms with E-state index in [2.05, 4.69) is 27.0 Å². The lowest BCUT2D eigenvalue weighted by atomic mass is 10.1. The summed E-state index contributed by atoms with van der Waals surface area (Å²) in [6, 6.07) is 16.1. The second-order valence-corrected chi connectivity index (χ2v) is 6.54. The summed E-state index contributed by atoms with van der Waals surface area (Å²) in [7, 11) is 0. The van der Waals surface area contributed by atoms with Gasteiger partial charge in [0.05, 0.1) is 11.3 Å². The van der Waals surface area contributed by atoms with E-state index in [0.717, 1.165) is 15.7 Å². The van der Waals surface area contributed by atoms with E-state index >= 15 is 0 Å². The largest absolute Gasteiger partial charge is 0.235 e. The topological polar surface area (TPSA) is 36.7 Å². The van der Waals surface area contributed by atoms with E-state index < -0.39 is 0 Å². The quantitative estimate of drug-likeness (QED) is 0.536. The third-order valence-corrected chi connectivity index (χ3v) is 4.56. The van der Waals surface area contributed by atoms with Crippen LogP contribution in [0.25, 0.3) is 22.9 Å². The van der Waals surface area contributed by atoms with Gasteiger partial charge in [0, 0.05) is 15.4 Å². The number of nitriles is 1. The lowest BCUT2D eigenvalue weighted by molar-refractivity contribution is 0.627. The Morgan fingerprint density at radius 3 is 2.70 bits per heavy atom. The zero-order chi connectivity index (χ0) is 16.2. The van der Waals surface area contributed by atoms with E-state index in [1.807, 2.05) is 29.6 Å². The van der Waals surface area contributed by atoms with Crippen molar-refractivity contribution in [2.75, 3.05) is 0 Å². The fraction of sp³-hybridized carbons (Fsp3) is 0. The molecule has 0 saturated heterocycles. The molecule has 3 rings (SSSR count). The van der Waals surface area contributed by atoms with Crippen molar-refractivity contribution in [2.24, 2.45) is 0 Å². The smallest absolute Gasteiger partial charge is 0.134 e. The van der Waals surface area contributed by atoms with Gasteiger partial charge in [-0.1, -0.05) is 40.2 Å². The molecule has 2 aromatic carbocycles. The maximum Gasteiger partial charge on any atom is 0.134 e. The first-order valence-electron chi connectivity index (χ1n) is 6.75. The van der Waals surface area contributed by atoms with E-state index in [1.165, 1.54) is 23.5 Å². The Bertz CT molecular complexity index is 907.